The highest BCUT2D eigenvalue weighted by molar-refractivity contribution is 7.93. The fraction of sp³-hybridized carbons (Fsp3) is 0.500. The predicted molar refractivity (Wildman–Crippen MR) is 71.6 cm³/mol. The van der Waals surface area contributed by atoms with Crippen LogP contribution in [0.3, 0.4) is 0 Å². The zero-order chi connectivity index (χ0) is 13.1. The zero-order valence-electron chi connectivity index (χ0n) is 10.5. The number of para-hydroxylation sites is 1. The summed E-state index contributed by atoms with van der Waals surface area (Å²) in [5.74, 6) is 0. The largest absolute Gasteiger partial charge is 0.329 e. The van der Waals surface area contributed by atoms with Crippen LogP contribution in [0.15, 0.2) is 18.2 Å². The Balaban J connectivity index is 3.11. The number of anilines is 1. The van der Waals surface area contributed by atoms with E-state index in [9.17, 15) is 8.42 Å². The summed E-state index contributed by atoms with van der Waals surface area (Å²) in [6.45, 7) is 5.61. The lowest BCUT2D eigenvalue weighted by atomic mass is 10.1. The molecule has 0 saturated heterocycles. The molecule has 5 heteroatoms. The lowest BCUT2D eigenvalue weighted by Gasteiger charge is -2.17. The minimum Gasteiger partial charge on any atom is -0.329 e. The highest BCUT2D eigenvalue weighted by Crippen LogP contribution is 2.23. The Morgan fingerprint density at radius 1 is 1.41 bits per heavy atom. The minimum atomic E-state index is -3.39. The van der Waals surface area contributed by atoms with Crippen molar-refractivity contribution in [3.05, 3.63) is 29.3 Å². The molecule has 0 radical (unpaired) electrons. The van der Waals surface area contributed by atoms with Crippen LogP contribution in [0.25, 0.3) is 0 Å². The second kappa shape index (κ2) is 5.51. The molecule has 1 rings (SSSR count). The van der Waals surface area contributed by atoms with Gasteiger partial charge in [0.15, 0.2) is 0 Å². The van der Waals surface area contributed by atoms with Crippen LogP contribution in [0.4, 0.5) is 5.69 Å². The number of hydrogen-bond acceptors (Lipinski definition) is 3. The van der Waals surface area contributed by atoms with Crippen molar-refractivity contribution in [1.82, 2.24) is 0 Å². The highest BCUT2D eigenvalue weighted by atomic mass is 32.2. The molecule has 0 fully saturated rings. The van der Waals surface area contributed by atoms with Crippen molar-refractivity contribution in [2.45, 2.75) is 32.4 Å². The van der Waals surface area contributed by atoms with Crippen LogP contribution in [-0.4, -0.2) is 20.2 Å². The predicted octanol–water partition coefficient (Wildman–Crippen LogP) is 1.65. The number of sulfonamides is 1. The lowest BCUT2D eigenvalue weighted by Crippen LogP contribution is -2.32. The average molecular weight is 256 g/mol. The van der Waals surface area contributed by atoms with Crippen LogP contribution in [0.1, 0.15) is 25.0 Å². The fourth-order valence-electron chi connectivity index (χ4n) is 1.54. The number of hydrogen-bond donors (Lipinski definition) is 2. The van der Waals surface area contributed by atoms with Gasteiger partial charge in [0, 0.05) is 6.54 Å². The van der Waals surface area contributed by atoms with E-state index in [0.29, 0.717) is 5.69 Å². The molecule has 1 atom stereocenters. The second-order valence-electron chi connectivity index (χ2n) is 4.16. The van der Waals surface area contributed by atoms with Crippen molar-refractivity contribution in [3.63, 3.8) is 0 Å². The Morgan fingerprint density at radius 2 is 2.06 bits per heavy atom. The van der Waals surface area contributed by atoms with Gasteiger partial charge in [-0.15, -0.1) is 0 Å². The maximum absolute atomic E-state index is 12.0. The molecule has 4 nitrogen and oxygen atoms in total. The molecule has 0 aliphatic heterocycles. The van der Waals surface area contributed by atoms with Gasteiger partial charge < -0.3 is 5.73 Å². The smallest absolute Gasteiger partial charge is 0.236 e. The monoisotopic (exact) mass is 256 g/mol. The number of rotatable bonds is 5. The fourth-order valence-corrected chi connectivity index (χ4v) is 2.57. The third-order valence-corrected chi connectivity index (χ3v) is 4.59. The van der Waals surface area contributed by atoms with Crippen molar-refractivity contribution in [1.29, 1.82) is 0 Å². The van der Waals surface area contributed by atoms with Gasteiger partial charge in [-0.2, -0.15) is 0 Å². The molecular formula is C12H20N2O2S. The Hall–Kier alpha value is -1.07. The molecular weight excluding hydrogens is 236 g/mol. The van der Waals surface area contributed by atoms with E-state index in [0.717, 1.165) is 17.5 Å². The zero-order valence-corrected chi connectivity index (χ0v) is 11.3. The van der Waals surface area contributed by atoms with Gasteiger partial charge in [0.05, 0.1) is 10.9 Å². The number of benzene rings is 1. The van der Waals surface area contributed by atoms with Gasteiger partial charge in [0.1, 0.15) is 0 Å². The molecule has 3 N–H and O–H groups in total. The first kappa shape index (κ1) is 14.0. The van der Waals surface area contributed by atoms with Crippen LogP contribution in [0.5, 0.6) is 0 Å². The Bertz CT molecular complexity index is 483. The van der Waals surface area contributed by atoms with E-state index < -0.39 is 15.3 Å². The molecule has 1 aromatic carbocycles. The van der Waals surface area contributed by atoms with Crippen LogP contribution in [0, 0.1) is 6.92 Å². The van der Waals surface area contributed by atoms with Gasteiger partial charge >= 0.3 is 0 Å². The van der Waals surface area contributed by atoms with Gasteiger partial charge in [-0.25, -0.2) is 8.42 Å². The van der Waals surface area contributed by atoms with Gasteiger partial charge in [-0.3, -0.25) is 4.72 Å². The molecule has 96 valence electrons. The van der Waals surface area contributed by atoms with E-state index >= 15 is 0 Å². The van der Waals surface area contributed by atoms with Crippen molar-refractivity contribution in [2.75, 3.05) is 11.3 Å². The molecule has 0 amide bonds. The minimum absolute atomic E-state index is 0.114. The first-order valence-electron chi connectivity index (χ1n) is 5.72. The molecule has 0 aliphatic rings. The molecule has 0 saturated carbocycles. The van der Waals surface area contributed by atoms with Gasteiger partial charge in [-0.05, 0) is 31.4 Å². The number of nitrogens with one attached hydrogen (secondary N) is 1. The third kappa shape index (κ3) is 3.20. The summed E-state index contributed by atoms with van der Waals surface area (Å²) in [5.41, 5.74) is 8.02. The van der Waals surface area contributed by atoms with E-state index in [1.807, 2.05) is 32.0 Å². The Labute approximate surface area is 103 Å². The summed E-state index contributed by atoms with van der Waals surface area (Å²) in [4.78, 5) is 0. The first-order valence-corrected chi connectivity index (χ1v) is 7.27. The molecule has 0 heterocycles. The summed E-state index contributed by atoms with van der Waals surface area (Å²) < 4.78 is 26.6. The molecule has 0 bridgehead atoms. The normalized spacial score (nSPS) is 13.4. The summed E-state index contributed by atoms with van der Waals surface area (Å²) in [6.07, 6.45) is 0.788. The molecule has 1 aromatic rings. The summed E-state index contributed by atoms with van der Waals surface area (Å²) in [6, 6.07) is 5.75. The molecule has 0 spiro atoms. The summed E-state index contributed by atoms with van der Waals surface area (Å²) in [5, 5.41) is -0.591. The number of nitrogens with two attached hydrogens (primary N) is 1. The van der Waals surface area contributed by atoms with E-state index in [-0.39, 0.29) is 6.54 Å². The molecule has 1 unspecified atom stereocenters. The van der Waals surface area contributed by atoms with E-state index in [1.54, 1.807) is 6.92 Å². The molecule has 17 heavy (non-hydrogen) atoms. The van der Waals surface area contributed by atoms with Crippen molar-refractivity contribution in [2.24, 2.45) is 5.73 Å². The second-order valence-corrected chi connectivity index (χ2v) is 6.25. The van der Waals surface area contributed by atoms with Gasteiger partial charge in [-0.1, -0.05) is 25.1 Å². The van der Waals surface area contributed by atoms with Gasteiger partial charge in [0.2, 0.25) is 10.0 Å². The van der Waals surface area contributed by atoms with Crippen molar-refractivity contribution >= 4 is 15.7 Å². The van der Waals surface area contributed by atoms with Crippen LogP contribution in [0.2, 0.25) is 0 Å². The van der Waals surface area contributed by atoms with Crippen LogP contribution >= 0.6 is 0 Å². The maximum Gasteiger partial charge on any atom is 0.236 e. The summed E-state index contributed by atoms with van der Waals surface area (Å²) in [7, 11) is -3.39. The first-order chi connectivity index (χ1) is 7.92. The van der Waals surface area contributed by atoms with Gasteiger partial charge in [0.25, 0.3) is 0 Å². The average Bonchev–Trinajstić information content (AvgIpc) is 2.30. The quantitative estimate of drug-likeness (QED) is 0.841. The van der Waals surface area contributed by atoms with Crippen molar-refractivity contribution < 1.29 is 8.42 Å². The van der Waals surface area contributed by atoms with E-state index in [1.165, 1.54) is 0 Å². The topological polar surface area (TPSA) is 72.2 Å². The molecule has 0 aliphatic carbocycles. The summed E-state index contributed by atoms with van der Waals surface area (Å²) >= 11 is 0. The lowest BCUT2D eigenvalue weighted by molar-refractivity contribution is 0.589. The third-order valence-electron chi connectivity index (χ3n) is 2.85. The van der Waals surface area contributed by atoms with Crippen LogP contribution < -0.4 is 10.5 Å². The van der Waals surface area contributed by atoms with E-state index in [4.69, 9.17) is 5.73 Å². The maximum atomic E-state index is 12.0. The SMILES string of the molecule is CCc1cccc(C)c1NS(=O)(=O)C(C)CN. The number of aryl methyl sites for hydroxylation is 2. The standard InChI is InChI=1S/C12H20N2O2S/c1-4-11-7-5-6-9(2)12(11)14-17(15,16)10(3)8-13/h5-7,10,14H,4,8,13H2,1-3H3. The van der Waals surface area contributed by atoms with Crippen molar-refractivity contribution in [3.8, 4) is 0 Å². The Morgan fingerprint density at radius 3 is 2.59 bits per heavy atom. The highest BCUT2D eigenvalue weighted by Gasteiger charge is 2.20. The van der Waals surface area contributed by atoms with Crippen LogP contribution in [-0.2, 0) is 16.4 Å². The molecule has 0 aromatic heterocycles. The van der Waals surface area contributed by atoms with E-state index in [2.05, 4.69) is 4.72 Å². The Kier molecular flexibility index (Phi) is 4.54.